The summed E-state index contributed by atoms with van der Waals surface area (Å²) in [5.74, 6) is -2.00. The second-order valence-corrected chi connectivity index (χ2v) is 30.4. The number of sulfonamides is 3. The molecule has 2 aliphatic heterocycles. The fourth-order valence-electron chi connectivity index (χ4n) is 12.0. The Kier molecular flexibility index (Phi) is 22.0. The van der Waals surface area contributed by atoms with Gasteiger partial charge in [-0.2, -0.15) is 15.0 Å². The number of ether oxygens (including phenoxy) is 1. The number of carbonyl (C=O) groups excluding carboxylic acids is 3. The van der Waals surface area contributed by atoms with E-state index < -0.39 is 83.6 Å². The summed E-state index contributed by atoms with van der Waals surface area (Å²) < 4.78 is 143. The predicted octanol–water partition coefficient (Wildman–Crippen LogP) is 10.8. The van der Waals surface area contributed by atoms with Crippen LogP contribution in [-0.4, -0.2) is 146 Å². The van der Waals surface area contributed by atoms with Gasteiger partial charge in [-0.25, -0.2) is 38.4 Å². The van der Waals surface area contributed by atoms with Gasteiger partial charge in [0.15, 0.2) is 5.82 Å². The number of fused-ring (bicyclic) bond motifs is 5. The number of hydrogen-bond acceptors (Lipinski definition) is 18. The van der Waals surface area contributed by atoms with E-state index in [0.29, 0.717) is 68.0 Å². The summed E-state index contributed by atoms with van der Waals surface area (Å²) in [5.41, 5.74) is 5.27. The molecule has 102 heavy (non-hydrogen) atoms. The molecule has 0 bridgehead atoms. The van der Waals surface area contributed by atoms with E-state index in [1.165, 1.54) is 100 Å². The Balaban J connectivity index is 0.000000167. The van der Waals surface area contributed by atoms with Crippen molar-refractivity contribution in [3.63, 3.8) is 0 Å². The van der Waals surface area contributed by atoms with Crippen molar-refractivity contribution in [2.75, 3.05) is 72.5 Å². The Labute approximate surface area is 586 Å². The first-order valence-electron chi connectivity index (χ1n) is 31.8. The van der Waals surface area contributed by atoms with Crippen LogP contribution in [0.25, 0.3) is 72.8 Å². The molecule has 536 valence electrons. The fraction of sp³-hybridized carbons (Fsp3) is 0.278. The van der Waals surface area contributed by atoms with Crippen LogP contribution < -0.4 is 28.9 Å². The minimum absolute atomic E-state index is 0.0342. The molecule has 4 aromatic carbocycles. The molecule has 6 aromatic heterocycles. The summed E-state index contributed by atoms with van der Waals surface area (Å²) in [6.07, 6.45) is 2.98. The molecule has 3 amide bonds. The van der Waals surface area contributed by atoms with E-state index in [1.54, 1.807) is 25.1 Å². The van der Waals surface area contributed by atoms with Gasteiger partial charge in [0.2, 0.25) is 47.2 Å². The van der Waals surface area contributed by atoms with Gasteiger partial charge in [-0.1, -0.05) is 56.8 Å². The average molecular weight is 1460 g/mol. The molecule has 2 aliphatic rings. The molecule has 0 aliphatic carbocycles. The number of nitrogens with zero attached hydrogens (tertiary/aromatic N) is 6. The van der Waals surface area contributed by atoms with Crippen molar-refractivity contribution in [1.29, 1.82) is 0 Å². The highest BCUT2D eigenvalue weighted by atomic mass is 32.2. The monoisotopic (exact) mass is 1460 g/mol. The molecule has 30 heteroatoms. The topological polar surface area (TPSA) is 327 Å². The molecule has 10 aromatic rings. The standard InChI is InChI=1S/C30H30FN3O5S.2C21H22FN3O5S/c1-6-23(38-18-20-10-8-7-9-11-20)17-34(40(5,36)37)28-24(19(2)3)16-25-26(29(35)32-4)27(39-30(25)33-28)21-12-14-22(31)15-13-21;2*1-11-8-14(26)10-25(31(3,28)29)19-15(11)9-16-17(20(27)23-2)18(30-21(16)24-19)12-4-6-13(22)7-5-12/h6-16,23H,1-2,17-18H2,3-5H3,(H,32,35);2*4-7,9,11,14,26H,8,10H2,1-3H3,(H,23,27)/t23-;11-,14+;11-,14-/m010/s1. The largest absolute Gasteiger partial charge is 0.437 e. The van der Waals surface area contributed by atoms with Gasteiger partial charge in [-0.15, -0.1) is 6.58 Å². The van der Waals surface area contributed by atoms with Crippen LogP contribution in [0.2, 0.25) is 0 Å². The van der Waals surface area contributed by atoms with Gasteiger partial charge in [-0.3, -0.25) is 27.3 Å². The van der Waals surface area contributed by atoms with E-state index in [-0.39, 0.29) is 107 Å². The highest BCUT2D eigenvalue weighted by Gasteiger charge is 2.37. The van der Waals surface area contributed by atoms with E-state index >= 15 is 0 Å². The van der Waals surface area contributed by atoms with Gasteiger partial charge in [-0.05, 0) is 145 Å². The number of anilines is 3. The number of aliphatic hydroxyl groups excluding tert-OH is 2. The number of carbonyl (C=O) groups is 3. The molecular formula is C72H74F3N9O15S3. The maximum atomic E-state index is 13.6. The number of rotatable bonds is 17. The van der Waals surface area contributed by atoms with Gasteiger partial charge in [0.25, 0.3) is 17.7 Å². The van der Waals surface area contributed by atoms with E-state index in [4.69, 9.17) is 18.0 Å². The van der Waals surface area contributed by atoms with Crippen molar-refractivity contribution in [3.8, 4) is 34.0 Å². The molecule has 12 rings (SSSR count). The molecule has 0 saturated carbocycles. The van der Waals surface area contributed by atoms with Gasteiger partial charge in [0.05, 0.1) is 96.2 Å². The molecule has 0 radical (unpaired) electrons. The van der Waals surface area contributed by atoms with E-state index in [2.05, 4.69) is 44.1 Å². The lowest BCUT2D eigenvalue weighted by Crippen LogP contribution is -2.38. The average Bonchev–Trinajstić information content (AvgIpc) is 1.60. The lowest BCUT2D eigenvalue weighted by atomic mass is 9.95. The number of allylic oxidation sites excluding steroid dienone is 1. The van der Waals surface area contributed by atoms with Crippen molar-refractivity contribution >= 4 is 104 Å². The maximum Gasteiger partial charge on any atom is 0.255 e. The maximum absolute atomic E-state index is 13.6. The summed E-state index contributed by atoms with van der Waals surface area (Å²) in [4.78, 5) is 51.9. The normalized spacial score (nSPS) is 16.5. The minimum Gasteiger partial charge on any atom is -0.437 e. The van der Waals surface area contributed by atoms with Crippen LogP contribution in [-0.2, 0) is 41.4 Å². The van der Waals surface area contributed by atoms with Crippen LogP contribution in [0.1, 0.15) is 98.8 Å². The molecule has 5 atom stereocenters. The third kappa shape index (κ3) is 15.9. The zero-order chi connectivity index (χ0) is 74.0. The van der Waals surface area contributed by atoms with Crippen LogP contribution in [0.3, 0.4) is 0 Å². The zero-order valence-corrected chi connectivity index (χ0v) is 59.4. The molecule has 8 heterocycles. The van der Waals surface area contributed by atoms with Crippen LogP contribution in [0.15, 0.2) is 154 Å². The molecular weight excluding hydrogens is 1380 g/mol. The number of nitrogens with one attached hydrogen (secondary N) is 3. The van der Waals surface area contributed by atoms with Gasteiger partial charge in [0, 0.05) is 43.4 Å². The van der Waals surface area contributed by atoms with E-state index in [0.717, 1.165) is 37.2 Å². The minimum atomic E-state index is -3.87. The summed E-state index contributed by atoms with van der Waals surface area (Å²) in [6.45, 7) is 13.2. The highest BCUT2D eigenvalue weighted by Crippen LogP contribution is 2.44. The quantitative estimate of drug-likeness (QED) is 0.0529. The highest BCUT2D eigenvalue weighted by molar-refractivity contribution is 7.92. The van der Waals surface area contributed by atoms with Crippen molar-refractivity contribution in [1.82, 2.24) is 30.9 Å². The summed E-state index contributed by atoms with van der Waals surface area (Å²) in [5, 5.41) is 29.5. The smallest absolute Gasteiger partial charge is 0.255 e. The number of β-amino-alcohol motifs (C(OH)–C–C–N with tert-alkyl or cyclic N) is 2. The third-order valence-electron chi connectivity index (χ3n) is 17.1. The van der Waals surface area contributed by atoms with Crippen molar-refractivity contribution in [3.05, 3.63) is 197 Å². The lowest BCUT2D eigenvalue weighted by molar-refractivity contribution is 0.0783. The van der Waals surface area contributed by atoms with Crippen LogP contribution in [0.4, 0.5) is 30.6 Å². The van der Waals surface area contributed by atoms with Gasteiger partial charge < -0.3 is 44.2 Å². The number of amides is 3. The van der Waals surface area contributed by atoms with E-state index in [9.17, 15) is 63.0 Å². The van der Waals surface area contributed by atoms with Crippen molar-refractivity contribution in [2.45, 2.75) is 70.4 Å². The van der Waals surface area contributed by atoms with E-state index in [1.807, 2.05) is 44.2 Å². The number of aromatic nitrogens is 3. The molecule has 0 saturated heterocycles. The number of hydrogen-bond donors (Lipinski definition) is 5. The van der Waals surface area contributed by atoms with Gasteiger partial charge >= 0.3 is 0 Å². The number of benzene rings is 4. The van der Waals surface area contributed by atoms with Crippen LogP contribution >= 0.6 is 0 Å². The SMILES string of the molecule is C=C[C@@H](CN(c1nc2oc(-c3ccc(F)cc3)c(C(=O)NC)c2cc1C(=C)C)S(C)(=O)=O)OCc1ccccc1.CNC(=O)c1c(-c2ccc(F)cc2)oc2nc3c(cc12)[C@@H](C)C[C@H](O)CN3S(C)(=O)=O.CNC(=O)c1c(-c2ccc(F)cc2)oc2nc3c(cc12)[C@H](C)C[C@H](O)CN3S(C)(=O)=O. The molecule has 0 fully saturated rings. The molecule has 0 unspecified atom stereocenters. The molecule has 24 nitrogen and oxygen atoms in total. The lowest BCUT2D eigenvalue weighted by Gasteiger charge is -2.27. The Morgan fingerprint density at radius 2 is 0.971 bits per heavy atom. The Morgan fingerprint density at radius 3 is 1.30 bits per heavy atom. The summed E-state index contributed by atoms with van der Waals surface area (Å²) in [7, 11) is -6.87. The van der Waals surface area contributed by atoms with Crippen LogP contribution in [0.5, 0.6) is 0 Å². The van der Waals surface area contributed by atoms with Gasteiger partial charge in [0.1, 0.15) is 46.4 Å². The van der Waals surface area contributed by atoms with Crippen LogP contribution in [0, 0.1) is 17.5 Å². The summed E-state index contributed by atoms with van der Waals surface area (Å²) in [6, 6.07) is 31.0. The second-order valence-electron chi connectivity index (χ2n) is 24.7. The first kappa shape index (κ1) is 74.5. The van der Waals surface area contributed by atoms with Crippen molar-refractivity contribution in [2.24, 2.45) is 0 Å². The second kappa shape index (κ2) is 30.1. The number of furan rings is 3. The fourth-order valence-corrected chi connectivity index (χ4v) is 14.7. The molecule has 0 spiro atoms. The first-order chi connectivity index (χ1) is 48.2. The number of pyridine rings is 3. The van der Waals surface area contributed by atoms with Crippen molar-refractivity contribution < 1.29 is 81.0 Å². The zero-order valence-electron chi connectivity index (χ0n) is 56.9. The Bertz CT molecular complexity index is 5030. The Hall–Kier alpha value is -10.2. The summed E-state index contributed by atoms with van der Waals surface area (Å²) >= 11 is 0. The predicted molar refractivity (Wildman–Crippen MR) is 383 cm³/mol. The number of halogens is 3. The molecule has 5 N–H and O–H groups in total. The Morgan fingerprint density at radius 1 is 0.608 bits per heavy atom. The first-order valence-corrected chi connectivity index (χ1v) is 37.4. The number of aliphatic hydroxyl groups is 2. The third-order valence-corrected chi connectivity index (χ3v) is 20.4.